The van der Waals surface area contributed by atoms with Crippen molar-refractivity contribution in [2.24, 2.45) is 5.92 Å². The molecule has 2 heterocycles. The number of carbonyl (C=O) groups excluding carboxylic acids is 1. The summed E-state index contributed by atoms with van der Waals surface area (Å²) in [7, 11) is -3.73. The van der Waals surface area contributed by atoms with Crippen molar-refractivity contribution in [1.29, 1.82) is 0 Å². The number of carbonyl (C=O) groups is 1. The first-order chi connectivity index (χ1) is 12.7. The van der Waals surface area contributed by atoms with Crippen LogP contribution in [0.4, 0.5) is 15.2 Å². The van der Waals surface area contributed by atoms with Crippen LogP contribution < -0.4 is 5.32 Å². The molecule has 27 heavy (non-hydrogen) atoms. The molecule has 0 atom stereocenters. The highest BCUT2D eigenvalue weighted by Gasteiger charge is 2.44. The molecule has 1 N–H and O–H groups in total. The molecule has 146 valence electrons. The standard InChI is InChI=1S/C17H21FN4O4S/c1-17(2,27(24,25)14-5-3-4-13(18)10-14)12-6-8-22(9-7-12)16(23)20-15-21-19-11-26-15/h3-5,10-12H,6-9H2,1-2H3,(H,20,21,23). The second-order valence-electron chi connectivity index (χ2n) is 7.00. The molecule has 2 amide bonds. The Labute approximate surface area is 156 Å². The van der Waals surface area contributed by atoms with Crippen molar-refractivity contribution in [2.75, 3.05) is 18.4 Å². The van der Waals surface area contributed by atoms with E-state index in [0.29, 0.717) is 25.9 Å². The third kappa shape index (κ3) is 3.80. The number of rotatable bonds is 4. The van der Waals surface area contributed by atoms with Gasteiger partial charge in [-0.1, -0.05) is 11.2 Å². The number of urea groups is 1. The zero-order chi connectivity index (χ0) is 19.7. The Morgan fingerprint density at radius 2 is 2.04 bits per heavy atom. The number of sulfone groups is 1. The third-order valence-electron chi connectivity index (χ3n) is 5.14. The van der Waals surface area contributed by atoms with Crippen LogP contribution in [0.1, 0.15) is 26.7 Å². The summed E-state index contributed by atoms with van der Waals surface area (Å²) in [4.78, 5) is 13.8. The fourth-order valence-corrected chi connectivity index (χ4v) is 5.14. The highest BCUT2D eigenvalue weighted by molar-refractivity contribution is 7.92. The van der Waals surface area contributed by atoms with Crippen LogP contribution in [0.3, 0.4) is 0 Å². The van der Waals surface area contributed by atoms with Gasteiger partial charge in [0.15, 0.2) is 9.84 Å². The smallest absolute Gasteiger partial charge is 0.325 e. The number of nitrogens with one attached hydrogen (secondary N) is 1. The Morgan fingerprint density at radius 1 is 1.33 bits per heavy atom. The summed E-state index contributed by atoms with van der Waals surface area (Å²) in [6.07, 6.45) is 2.14. The average Bonchev–Trinajstić information content (AvgIpc) is 3.14. The molecule has 0 aliphatic carbocycles. The maximum atomic E-state index is 13.5. The Bertz CT molecular complexity index is 907. The number of piperidine rings is 1. The van der Waals surface area contributed by atoms with Crippen LogP contribution in [-0.2, 0) is 9.84 Å². The lowest BCUT2D eigenvalue weighted by Gasteiger charge is -2.40. The van der Waals surface area contributed by atoms with Gasteiger partial charge in [0.25, 0.3) is 0 Å². The molecule has 0 radical (unpaired) electrons. The first-order valence-corrected chi connectivity index (χ1v) is 10.0. The summed E-state index contributed by atoms with van der Waals surface area (Å²) in [5.74, 6) is -0.752. The fourth-order valence-electron chi connectivity index (χ4n) is 3.33. The van der Waals surface area contributed by atoms with Crippen LogP contribution in [0.25, 0.3) is 0 Å². The first kappa shape index (κ1) is 19.3. The monoisotopic (exact) mass is 396 g/mol. The van der Waals surface area contributed by atoms with Crippen molar-refractivity contribution in [3.8, 4) is 0 Å². The number of halogens is 1. The molecular weight excluding hydrogens is 375 g/mol. The number of hydrogen-bond acceptors (Lipinski definition) is 6. The van der Waals surface area contributed by atoms with Gasteiger partial charge in [-0.25, -0.2) is 17.6 Å². The first-order valence-electron chi connectivity index (χ1n) is 8.54. The number of benzene rings is 1. The predicted octanol–water partition coefficient (Wildman–Crippen LogP) is 2.71. The SMILES string of the molecule is CC(C)(C1CCN(C(=O)Nc2nnco2)CC1)S(=O)(=O)c1cccc(F)c1. The van der Waals surface area contributed by atoms with Gasteiger partial charge in [0.05, 0.1) is 9.64 Å². The minimum atomic E-state index is -3.73. The van der Waals surface area contributed by atoms with E-state index in [1.165, 1.54) is 18.2 Å². The van der Waals surface area contributed by atoms with Crippen LogP contribution in [0.15, 0.2) is 40.0 Å². The lowest BCUT2D eigenvalue weighted by Crippen LogP contribution is -2.48. The van der Waals surface area contributed by atoms with Crippen LogP contribution >= 0.6 is 0 Å². The molecule has 0 bridgehead atoms. The molecule has 8 nitrogen and oxygen atoms in total. The minimum Gasteiger partial charge on any atom is -0.411 e. The highest BCUT2D eigenvalue weighted by Crippen LogP contribution is 2.38. The normalized spacial score (nSPS) is 16.3. The number of anilines is 1. The van der Waals surface area contributed by atoms with Gasteiger partial charge in [0.1, 0.15) is 5.82 Å². The molecule has 1 aromatic heterocycles. The minimum absolute atomic E-state index is 0.0103. The maximum Gasteiger partial charge on any atom is 0.325 e. The molecular formula is C17H21FN4O4S. The van der Waals surface area contributed by atoms with Gasteiger partial charge in [-0.2, -0.15) is 0 Å². The summed E-state index contributed by atoms with van der Waals surface area (Å²) in [5.41, 5.74) is 0. The van der Waals surface area contributed by atoms with Crippen molar-refractivity contribution < 1.29 is 22.0 Å². The largest absolute Gasteiger partial charge is 0.411 e. The Balaban J connectivity index is 1.68. The number of likely N-dealkylation sites (tertiary alicyclic amines) is 1. The topological polar surface area (TPSA) is 105 Å². The maximum absolute atomic E-state index is 13.5. The molecule has 1 aliphatic heterocycles. The van der Waals surface area contributed by atoms with Crippen molar-refractivity contribution >= 4 is 21.9 Å². The molecule has 1 fully saturated rings. The number of amides is 2. The van der Waals surface area contributed by atoms with Crippen molar-refractivity contribution in [1.82, 2.24) is 15.1 Å². The van der Waals surface area contributed by atoms with E-state index in [9.17, 15) is 17.6 Å². The molecule has 1 saturated heterocycles. The zero-order valence-electron chi connectivity index (χ0n) is 15.1. The van der Waals surface area contributed by atoms with Crippen LogP contribution in [-0.4, -0.2) is 47.4 Å². The molecule has 2 aromatic rings. The Hall–Kier alpha value is -2.49. The Morgan fingerprint density at radius 3 is 2.63 bits per heavy atom. The van der Waals surface area contributed by atoms with E-state index in [-0.39, 0.29) is 22.9 Å². The Kier molecular flexibility index (Phi) is 5.18. The predicted molar refractivity (Wildman–Crippen MR) is 95.3 cm³/mol. The van der Waals surface area contributed by atoms with E-state index in [4.69, 9.17) is 4.42 Å². The van der Waals surface area contributed by atoms with Crippen LogP contribution in [0.5, 0.6) is 0 Å². The van der Waals surface area contributed by atoms with Crippen molar-refractivity contribution in [2.45, 2.75) is 36.3 Å². The summed E-state index contributed by atoms with van der Waals surface area (Å²) < 4.78 is 43.4. The van der Waals surface area contributed by atoms with Gasteiger partial charge in [0.2, 0.25) is 6.39 Å². The van der Waals surface area contributed by atoms with Crippen molar-refractivity contribution in [3.05, 3.63) is 36.5 Å². The van der Waals surface area contributed by atoms with Gasteiger partial charge in [-0.3, -0.25) is 5.32 Å². The second-order valence-corrected chi connectivity index (χ2v) is 9.53. The van der Waals surface area contributed by atoms with Gasteiger partial charge in [0, 0.05) is 13.1 Å². The summed E-state index contributed by atoms with van der Waals surface area (Å²) in [6, 6.07) is 4.70. The van der Waals surface area contributed by atoms with Crippen LogP contribution in [0.2, 0.25) is 0 Å². The van der Waals surface area contributed by atoms with Gasteiger partial charge in [-0.05, 0) is 50.8 Å². The number of aromatic nitrogens is 2. The van der Waals surface area contributed by atoms with E-state index in [1.807, 2.05) is 0 Å². The second kappa shape index (κ2) is 7.26. The fraction of sp³-hybridized carbons (Fsp3) is 0.471. The molecule has 3 rings (SSSR count). The van der Waals surface area contributed by atoms with E-state index >= 15 is 0 Å². The third-order valence-corrected chi connectivity index (χ3v) is 7.73. The zero-order valence-corrected chi connectivity index (χ0v) is 15.9. The van der Waals surface area contributed by atoms with Crippen LogP contribution in [0, 0.1) is 11.7 Å². The average molecular weight is 396 g/mol. The summed E-state index contributed by atoms with van der Waals surface area (Å²) >= 11 is 0. The van der Waals surface area contributed by atoms with E-state index in [1.54, 1.807) is 18.7 Å². The molecule has 10 heteroatoms. The van der Waals surface area contributed by atoms with Gasteiger partial charge in [-0.15, -0.1) is 5.10 Å². The van der Waals surface area contributed by atoms with E-state index in [2.05, 4.69) is 15.5 Å². The molecule has 0 spiro atoms. The van der Waals surface area contributed by atoms with Crippen molar-refractivity contribution in [3.63, 3.8) is 0 Å². The molecule has 0 saturated carbocycles. The quantitative estimate of drug-likeness (QED) is 0.852. The highest BCUT2D eigenvalue weighted by atomic mass is 32.2. The summed E-state index contributed by atoms with van der Waals surface area (Å²) in [5, 5.41) is 9.57. The van der Waals surface area contributed by atoms with E-state index in [0.717, 1.165) is 12.5 Å². The van der Waals surface area contributed by atoms with Gasteiger partial charge < -0.3 is 9.32 Å². The number of hydrogen-bond donors (Lipinski definition) is 1. The number of nitrogens with zero attached hydrogens (tertiary/aromatic N) is 3. The lowest BCUT2D eigenvalue weighted by molar-refractivity contribution is 0.171. The molecule has 1 aliphatic rings. The summed E-state index contributed by atoms with van der Waals surface area (Å²) in [6.45, 7) is 4.11. The molecule has 1 aromatic carbocycles. The molecule has 0 unspecified atom stereocenters. The van der Waals surface area contributed by atoms with Gasteiger partial charge >= 0.3 is 12.0 Å². The lowest BCUT2D eigenvalue weighted by atomic mass is 9.86. The van der Waals surface area contributed by atoms with E-state index < -0.39 is 20.4 Å².